The number of hydrogen-bond acceptors (Lipinski definition) is 4. The molecule has 0 aromatic rings. The molecule has 96 valence electrons. The Morgan fingerprint density at radius 3 is 2.62 bits per heavy atom. The summed E-state index contributed by atoms with van der Waals surface area (Å²) in [6.45, 7) is 6.08. The van der Waals surface area contributed by atoms with Gasteiger partial charge in [0.25, 0.3) is 0 Å². The fourth-order valence-corrected chi connectivity index (χ4v) is 1.50. The van der Waals surface area contributed by atoms with Gasteiger partial charge in [0.1, 0.15) is 0 Å². The van der Waals surface area contributed by atoms with Crippen LogP contribution in [0.15, 0.2) is 0 Å². The third-order valence-electron chi connectivity index (χ3n) is 2.40. The van der Waals surface area contributed by atoms with Gasteiger partial charge < -0.3 is 15.4 Å². The van der Waals surface area contributed by atoms with Crippen molar-refractivity contribution in [3.63, 3.8) is 0 Å². The molecule has 0 bridgehead atoms. The van der Waals surface area contributed by atoms with Crippen LogP contribution in [0.2, 0.25) is 0 Å². The summed E-state index contributed by atoms with van der Waals surface area (Å²) >= 11 is 1.84. The first-order valence-electron chi connectivity index (χ1n) is 5.64. The Hall–Kier alpha value is -0.260. The normalized spacial score (nSPS) is 14.5. The number of nitrogens with one attached hydrogen (secondary N) is 2. The fraction of sp³-hybridized carbons (Fsp3) is 0.909. The van der Waals surface area contributed by atoms with Crippen molar-refractivity contribution in [2.45, 2.75) is 31.6 Å². The zero-order chi connectivity index (χ0) is 12.4. The summed E-state index contributed by atoms with van der Waals surface area (Å²) in [4.78, 5) is 11.5. The van der Waals surface area contributed by atoms with E-state index in [9.17, 15) is 4.79 Å². The summed E-state index contributed by atoms with van der Waals surface area (Å²) in [5.74, 6) is 0.0360. The van der Waals surface area contributed by atoms with Crippen LogP contribution in [0, 0.1) is 0 Å². The van der Waals surface area contributed by atoms with Gasteiger partial charge >= 0.3 is 0 Å². The number of amides is 1. The van der Waals surface area contributed by atoms with Crippen LogP contribution in [0.5, 0.6) is 0 Å². The van der Waals surface area contributed by atoms with Gasteiger partial charge in [0.2, 0.25) is 5.91 Å². The quantitative estimate of drug-likeness (QED) is 0.595. The van der Waals surface area contributed by atoms with E-state index in [2.05, 4.69) is 23.8 Å². The van der Waals surface area contributed by atoms with Crippen LogP contribution in [0.3, 0.4) is 0 Å². The van der Waals surface area contributed by atoms with Crippen LogP contribution in [0.25, 0.3) is 0 Å². The minimum absolute atomic E-state index is 0.0360. The molecule has 1 amide bonds. The molecule has 0 rings (SSSR count). The van der Waals surface area contributed by atoms with E-state index in [1.807, 2.05) is 18.7 Å². The van der Waals surface area contributed by atoms with E-state index in [0.29, 0.717) is 18.4 Å². The van der Waals surface area contributed by atoms with Crippen molar-refractivity contribution >= 4 is 17.7 Å². The lowest BCUT2D eigenvalue weighted by atomic mass is 10.2. The number of carbonyl (C=O) groups is 1. The molecule has 0 aromatic heterocycles. The lowest BCUT2D eigenvalue weighted by molar-refractivity contribution is -0.122. The van der Waals surface area contributed by atoms with Crippen LogP contribution in [-0.4, -0.2) is 50.3 Å². The second kappa shape index (κ2) is 9.93. The molecule has 2 N–H and O–H groups in total. The molecule has 0 aliphatic rings. The highest BCUT2D eigenvalue weighted by Gasteiger charge is 2.11. The summed E-state index contributed by atoms with van der Waals surface area (Å²) in [5, 5.41) is 6.65. The van der Waals surface area contributed by atoms with Crippen molar-refractivity contribution in [3.8, 4) is 0 Å². The molecule has 5 heteroatoms. The van der Waals surface area contributed by atoms with Gasteiger partial charge in [0.15, 0.2) is 0 Å². The first kappa shape index (κ1) is 15.7. The standard InChI is InChI=1S/C11H24N2O2S/c1-9(16-4)5-6-12-10(2)11(14)13-7-8-15-3/h9-10,12H,5-8H2,1-4H3,(H,13,14). The number of rotatable bonds is 9. The summed E-state index contributed by atoms with van der Waals surface area (Å²) in [7, 11) is 1.62. The maximum atomic E-state index is 11.5. The van der Waals surface area contributed by atoms with Crippen LogP contribution in [-0.2, 0) is 9.53 Å². The predicted octanol–water partition coefficient (Wildman–Crippen LogP) is 0.869. The van der Waals surface area contributed by atoms with Crippen LogP contribution < -0.4 is 10.6 Å². The van der Waals surface area contributed by atoms with Crippen LogP contribution in [0.4, 0.5) is 0 Å². The zero-order valence-electron chi connectivity index (χ0n) is 10.7. The molecule has 0 saturated carbocycles. The molecule has 16 heavy (non-hydrogen) atoms. The summed E-state index contributed by atoms with van der Waals surface area (Å²) in [6, 6.07) is -0.133. The molecule has 0 spiro atoms. The Morgan fingerprint density at radius 1 is 1.38 bits per heavy atom. The number of hydrogen-bond donors (Lipinski definition) is 2. The van der Waals surface area contributed by atoms with Crippen molar-refractivity contribution in [2.24, 2.45) is 0 Å². The van der Waals surface area contributed by atoms with Crippen molar-refractivity contribution in [3.05, 3.63) is 0 Å². The maximum absolute atomic E-state index is 11.5. The molecule has 0 radical (unpaired) electrons. The number of carbonyl (C=O) groups excluding carboxylic acids is 1. The second-order valence-electron chi connectivity index (χ2n) is 3.79. The molecule has 0 aromatic carbocycles. The van der Waals surface area contributed by atoms with E-state index >= 15 is 0 Å². The monoisotopic (exact) mass is 248 g/mol. The molecular formula is C11H24N2O2S. The van der Waals surface area contributed by atoms with Gasteiger partial charge in [-0.1, -0.05) is 6.92 Å². The summed E-state index contributed by atoms with van der Waals surface area (Å²) in [5.41, 5.74) is 0. The van der Waals surface area contributed by atoms with E-state index in [1.54, 1.807) is 7.11 Å². The van der Waals surface area contributed by atoms with Gasteiger partial charge in [-0.05, 0) is 26.1 Å². The number of methoxy groups -OCH3 is 1. The van der Waals surface area contributed by atoms with E-state index in [-0.39, 0.29) is 11.9 Å². The van der Waals surface area contributed by atoms with Gasteiger partial charge in [-0.2, -0.15) is 11.8 Å². The number of thioether (sulfide) groups is 1. The van der Waals surface area contributed by atoms with E-state index in [1.165, 1.54) is 0 Å². The third kappa shape index (κ3) is 7.96. The molecule has 4 nitrogen and oxygen atoms in total. The Labute approximate surface area is 103 Å². The van der Waals surface area contributed by atoms with E-state index in [0.717, 1.165) is 13.0 Å². The third-order valence-corrected chi connectivity index (χ3v) is 3.44. The maximum Gasteiger partial charge on any atom is 0.236 e. The molecule has 2 atom stereocenters. The van der Waals surface area contributed by atoms with E-state index in [4.69, 9.17) is 4.74 Å². The molecule has 0 heterocycles. The van der Waals surface area contributed by atoms with Crippen molar-refractivity contribution in [1.29, 1.82) is 0 Å². The van der Waals surface area contributed by atoms with Crippen molar-refractivity contribution in [1.82, 2.24) is 10.6 Å². The Morgan fingerprint density at radius 2 is 2.06 bits per heavy atom. The Bertz CT molecular complexity index is 191. The number of ether oxygens (including phenoxy) is 1. The Balaban J connectivity index is 3.55. The average Bonchev–Trinajstić information content (AvgIpc) is 2.28. The van der Waals surface area contributed by atoms with Gasteiger partial charge in [0.05, 0.1) is 12.6 Å². The summed E-state index contributed by atoms with van der Waals surface area (Å²) in [6.07, 6.45) is 3.18. The molecule has 0 fully saturated rings. The molecule has 0 aliphatic carbocycles. The predicted molar refractivity (Wildman–Crippen MR) is 69.9 cm³/mol. The summed E-state index contributed by atoms with van der Waals surface area (Å²) < 4.78 is 4.86. The average molecular weight is 248 g/mol. The fourth-order valence-electron chi connectivity index (χ4n) is 1.14. The smallest absolute Gasteiger partial charge is 0.236 e. The van der Waals surface area contributed by atoms with Gasteiger partial charge in [-0.25, -0.2) is 0 Å². The van der Waals surface area contributed by atoms with Crippen LogP contribution in [0.1, 0.15) is 20.3 Å². The van der Waals surface area contributed by atoms with E-state index < -0.39 is 0 Å². The SMILES string of the molecule is COCCNC(=O)C(C)NCCC(C)SC. The largest absolute Gasteiger partial charge is 0.383 e. The lowest BCUT2D eigenvalue weighted by Gasteiger charge is -2.15. The highest BCUT2D eigenvalue weighted by molar-refractivity contribution is 7.99. The lowest BCUT2D eigenvalue weighted by Crippen LogP contribution is -2.43. The first-order chi connectivity index (χ1) is 7.61. The highest BCUT2D eigenvalue weighted by atomic mass is 32.2. The topological polar surface area (TPSA) is 50.4 Å². The Kier molecular flexibility index (Phi) is 9.77. The van der Waals surface area contributed by atoms with Gasteiger partial charge in [0, 0.05) is 18.9 Å². The van der Waals surface area contributed by atoms with Crippen LogP contribution >= 0.6 is 11.8 Å². The molecule has 0 aliphatic heterocycles. The molecule has 0 saturated heterocycles. The zero-order valence-corrected chi connectivity index (χ0v) is 11.5. The van der Waals surface area contributed by atoms with Crippen molar-refractivity contribution in [2.75, 3.05) is 33.1 Å². The first-order valence-corrected chi connectivity index (χ1v) is 6.93. The minimum Gasteiger partial charge on any atom is -0.383 e. The van der Waals surface area contributed by atoms with Gasteiger partial charge in [-0.3, -0.25) is 4.79 Å². The minimum atomic E-state index is -0.133. The van der Waals surface area contributed by atoms with Gasteiger partial charge in [-0.15, -0.1) is 0 Å². The van der Waals surface area contributed by atoms with Crippen molar-refractivity contribution < 1.29 is 9.53 Å². The molecule has 2 unspecified atom stereocenters. The molecular weight excluding hydrogens is 224 g/mol. The second-order valence-corrected chi connectivity index (χ2v) is 5.07. The highest BCUT2D eigenvalue weighted by Crippen LogP contribution is 2.07.